The molecule has 0 saturated carbocycles. The van der Waals surface area contributed by atoms with Crippen LogP contribution in [0.25, 0.3) is 22.2 Å². The minimum atomic E-state index is -0.808. The molecular weight excluding hydrogens is 612 g/mol. The predicted molar refractivity (Wildman–Crippen MR) is 185 cm³/mol. The van der Waals surface area contributed by atoms with Crippen LogP contribution in [0.4, 0.5) is 4.39 Å². The Balaban J connectivity index is 1.41. The van der Waals surface area contributed by atoms with E-state index in [0.717, 1.165) is 63.9 Å². The van der Waals surface area contributed by atoms with Crippen molar-refractivity contribution < 1.29 is 14.3 Å². The first-order valence-corrected chi connectivity index (χ1v) is 16.8. The number of halogens is 1. The van der Waals surface area contributed by atoms with Gasteiger partial charge in [0, 0.05) is 57.5 Å². The molecule has 6 N–H and O–H groups in total. The van der Waals surface area contributed by atoms with Crippen LogP contribution in [0, 0.1) is 11.2 Å². The number of aromatic nitrogens is 3. The number of carboxylic acids is 1. The van der Waals surface area contributed by atoms with Crippen LogP contribution in [0.1, 0.15) is 68.7 Å². The number of nitrogens with one attached hydrogen (secondary N) is 1. The molecule has 0 saturated heterocycles. The van der Waals surface area contributed by atoms with Gasteiger partial charge in [0.1, 0.15) is 5.82 Å². The van der Waals surface area contributed by atoms with Gasteiger partial charge in [-0.3, -0.25) is 9.48 Å². The van der Waals surface area contributed by atoms with E-state index in [4.69, 9.17) is 16.7 Å². The quantitative estimate of drug-likeness (QED) is 0.145. The van der Waals surface area contributed by atoms with Gasteiger partial charge in [0.15, 0.2) is 0 Å². The Labute approximate surface area is 278 Å². The summed E-state index contributed by atoms with van der Waals surface area (Å²) in [6, 6.07) is 21.7. The third kappa shape index (κ3) is 7.39. The van der Waals surface area contributed by atoms with E-state index in [1.165, 1.54) is 17.8 Å². The smallest absolute Gasteiger partial charge is 0.303 e. The number of nitrogens with zero attached hydrogens (tertiary/aromatic N) is 3. The Hall–Kier alpha value is -4.54. The lowest BCUT2D eigenvalue weighted by Gasteiger charge is -2.28. The molecule has 8 nitrogen and oxygen atoms in total. The Kier molecular flexibility index (Phi) is 9.42. The molecule has 2 aromatic heterocycles. The topological polar surface area (TPSA) is 126 Å². The number of hydrazine groups is 1. The van der Waals surface area contributed by atoms with Crippen molar-refractivity contribution in [2.75, 3.05) is 0 Å². The first kappa shape index (κ1) is 32.4. The molecule has 4 bridgehead atoms. The summed E-state index contributed by atoms with van der Waals surface area (Å²) < 4.78 is 17.8. The number of carbonyl (C=O) groups is 1. The van der Waals surface area contributed by atoms with E-state index in [1.54, 1.807) is 11.2 Å². The van der Waals surface area contributed by atoms with Gasteiger partial charge in [-0.15, -0.1) is 0 Å². The molecule has 6 rings (SSSR count). The van der Waals surface area contributed by atoms with Gasteiger partial charge in [0.25, 0.3) is 0 Å². The molecule has 1 aliphatic heterocycles. The molecule has 3 heterocycles. The van der Waals surface area contributed by atoms with Crippen LogP contribution in [0.2, 0.25) is 0 Å². The Morgan fingerprint density at radius 1 is 1.13 bits per heavy atom. The summed E-state index contributed by atoms with van der Waals surface area (Å²) in [5, 5.41) is 16.8. The molecule has 0 radical (unpaired) electrons. The molecule has 0 fully saturated rings. The first-order chi connectivity index (χ1) is 22.6. The van der Waals surface area contributed by atoms with E-state index >= 15 is 4.39 Å². The minimum Gasteiger partial charge on any atom is -0.481 e. The van der Waals surface area contributed by atoms with Crippen LogP contribution < -0.4 is 11.6 Å². The second kappa shape index (κ2) is 13.7. The summed E-state index contributed by atoms with van der Waals surface area (Å²) in [5.74, 6) is 5.43. The van der Waals surface area contributed by atoms with Gasteiger partial charge in [0.05, 0.1) is 23.2 Å². The van der Waals surface area contributed by atoms with E-state index in [-0.39, 0.29) is 30.2 Å². The Morgan fingerprint density at radius 3 is 2.79 bits per heavy atom. The normalized spacial score (nSPS) is 18.4. The molecular formula is C37H41FN6O2S. The van der Waals surface area contributed by atoms with Crippen molar-refractivity contribution in [3.8, 4) is 11.3 Å². The van der Waals surface area contributed by atoms with Crippen molar-refractivity contribution in [2.24, 2.45) is 17.0 Å². The van der Waals surface area contributed by atoms with Gasteiger partial charge in [-0.05, 0) is 66.3 Å². The van der Waals surface area contributed by atoms with Gasteiger partial charge < -0.3 is 20.8 Å². The van der Waals surface area contributed by atoms with Gasteiger partial charge in [-0.2, -0.15) is 5.10 Å². The van der Waals surface area contributed by atoms with Crippen molar-refractivity contribution in [3.05, 3.63) is 114 Å². The molecule has 1 unspecified atom stereocenters. The highest BCUT2D eigenvalue weighted by molar-refractivity contribution is 7.99. The fraction of sp³-hybridized carbons (Fsp3) is 0.297. The number of rotatable bonds is 4. The zero-order valence-electron chi connectivity index (χ0n) is 26.7. The van der Waals surface area contributed by atoms with E-state index in [9.17, 15) is 9.90 Å². The number of allylic oxidation sites excluding steroid dienone is 1. The minimum absolute atomic E-state index is 0.0339. The van der Waals surface area contributed by atoms with E-state index < -0.39 is 5.97 Å². The number of hydrogen-bond acceptors (Lipinski definition) is 6. The highest BCUT2D eigenvalue weighted by Crippen LogP contribution is 2.39. The maximum Gasteiger partial charge on any atom is 0.303 e. The predicted octanol–water partition coefficient (Wildman–Crippen LogP) is 8.00. The standard InChI is InChI=1S/C37H41FN6O2S/c1-37(2)16-4-3-11-33(26-9-5-7-24(19-26)12-13-35(45)46)44-18-15-31(42-44)25-8-6-10-27(20-25)47-36-29(22-43(40)23-34(37)39)28-14-17-41-32(28)21-30(36)38/h5-10,14-15,17-21,23,33,41H,3-4,11-13,16,22,39-40H2,1-2H3,(H,45,46)/b34-23-. The first-order valence-electron chi connectivity index (χ1n) is 16.0. The third-order valence-electron chi connectivity index (χ3n) is 9.06. The van der Waals surface area contributed by atoms with Crippen molar-refractivity contribution in [3.63, 3.8) is 0 Å². The van der Waals surface area contributed by atoms with Crippen LogP contribution in [0.5, 0.6) is 0 Å². The second-order valence-corrected chi connectivity index (χ2v) is 14.0. The number of fused-ring (bicyclic) bond motifs is 8. The molecule has 0 spiro atoms. The average molecular weight is 653 g/mol. The number of aromatic amines is 1. The largest absolute Gasteiger partial charge is 0.481 e. The van der Waals surface area contributed by atoms with Gasteiger partial charge >= 0.3 is 5.97 Å². The molecule has 47 heavy (non-hydrogen) atoms. The molecule has 3 aromatic carbocycles. The highest BCUT2D eigenvalue weighted by atomic mass is 32.2. The average Bonchev–Trinajstić information content (AvgIpc) is 3.72. The van der Waals surface area contributed by atoms with Gasteiger partial charge in [0.2, 0.25) is 0 Å². The number of nitrogens with two attached hydrogens (primary N) is 2. The van der Waals surface area contributed by atoms with E-state index in [0.29, 0.717) is 22.5 Å². The summed E-state index contributed by atoms with van der Waals surface area (Å²) in [5.41, 5.74) is 12.4. The van der Waals surface area contributed by atoms with Crippen LogP contribution in [-0.2, 0) is 17.8 Å². The van der Waals surface area contributed by atoms with Crippen LogP contribution in [-0.4, -0.2) is 30.8 Å². The number of aliphatic carboxylic acids is 1. The molecule has 244 valence electrons. The van der Waals surface area contributed by atoms with Gasteiger partial charge in [-0.25, -0.2) is 10.2 Å². The molecule has 1 aliphatic rings. The van der Waals surface area contributed by atoms with Crippen molar-refractivity contribution >= 4 is 28.6 Å². The Bertz CT molecular complexity index is 1930. The molecule has 1 atom stereocenters. The zero-order valence-corrected chi connectivity index (χ0v) is 27.6. The number of benzene rings is 3. The van der Waals surface area contributed by atoms with Gasteiger partial charge in [-0.1, -0.05) is 74.8 Å². The van der Waals surface area contributed by atoms with Crippen molar-refractivity contribution in [1.82, 2.24) is 19.8 Å². The monoisotopic (exact) mass is 652 g/mol. The lowest BCUT2D eigenvalue weighted by atomic mass is 9.83. The molecule has 10 heteroatoms. The van der Waals surface area contributed by atoms with Crippen LogP contribution in [0.3, 0.4) is 0 Å². The van der Waals surface area contributed by atoms with Crippen molar-refractivity contribution in [1.29, 1.82) is 0 Å². The number of H-pyrrole nitrogens is 1. The summed E-state index contributed by atoms with van der Waals surface area (Å²) in [7, 11) is 0. The van der Waals surface area contributed by atoms with E-state index in [1.807, 2.05) is 65.6 Å². The fourth-order valence-electron chi connectivity index (χ4n) is 6.28. The molecule has 5 aromatic rings. The maximum atomic E-state index is 15.8. The number of carboxylic acid groups (broad SMARTS) is 1. The zero-order chi connectivity index (χ0) is 33.1. The van der Waals surface area contributed by atoms with Crippen LogP contribution >= 0.6 is 11.8 Å². The Morgan fingerprint density at radius 2 is 1.96 bits per heavy atom. The van der Waals surface area contributed by atoms with E-state index in [2.05, 4.69) is 31.0 Å². The highest BCUT2D eigenvalue weighted by Gasteiger charge is 2.24. The lowest BCUT2D eigenvalue weighted by molar-refractivity contribution is -0.136. The van der Waals surface area contributed by atoms with Crippen molar-refractivity contribution in [2.45, 2.75) is 74.7 Å². The summed E-state index contributed by atoms with van der Waals surface area (Å²) >= 11 is 1.37. The lowest BCUT2D eigenvalue weighted by Crippen LogP contribution is -2.30. The summed E-state index contributed by atoms with van der Waals surface area (Å²) in [4.78, 5) is 15.8. The van der Waals surface area contributed by atoms with Crippen LogP contribution in [0.15, 0.2) is 101 Å². The maximum absolute atomic E-state index is 15.8. The second-order valence-electron chi connectivity index (χ2n) is 13.0. The molecule has 0 amide bonds. The molecule has 0 aliphatic carbocycles. The summed E-state index contributed by atoms with van der Waals surface area (Å²) in [6.45, 7) is 4.53. The fourth-order valence-corrected chi connectivity index (χ4v) is 7.31. The SMILES string of the molecule is CC1(C)CCCCC(c2cccc(CCC(=O)O)c2)n2ccc(n2)-c2cccc(c2)Sc2c(F)cc3[nH]ccc3c2CN(N)/C=C/1N. The number of aryl methyl sites for hydroxylation is 1. The summed E-state index contributed by atoms with van der Waals surface area (Å²) in [6.07, 6.45) is 9.75. The third-order valence-corrected chi connectivity index (χ3v) is 10.2. The number of hydrogen-bond donors (Lipinski definition) is 4.